The van der Waals surface area contributed by atoms with Gasteiger partial charge in [0.1, 0.15) is 11.4 Å². The van der Waals surface area contributed by atoms with Gasteiger partial charge in [-0.25, -0.2) is 4.98 Å². The molecule has 0 radical (unpaired) electrons. The zero-order chi connectivity index (χ0) is 24.3. The summed E-state index contributed by atoms with van der Waals surface area (Å²) in [4.78, 5) is 25.4. The summed E-state index contributed by atoms with van der Waals surface area (Å²) in [6.45, 7) is 6.70. The van der Waals surface area contributed by atoms with Crippen LogP contribution in [0.4, 0.5) is 0 Å². The molecule has 182 valence electrons. The molecule has 3 aromatic rings. The number of ether oxygens (including phenoxy) is 2. The van der Waals surface area contributed by atoms with Crippen LogP contribution >= 0.6 is 0 Å². The van der Waals surface area contributed by atoms with Crippen molar-refractivity contribution in [3.8, 4) is 11.6 Å². The van der Waals surface area contributed by atoms with Gasteiger partial charge in [0.05, 0.1) is 5.41 Å². The molecule has 1 atom stereocenters. The first-order valence-corrected chi connectivity index (χ1v) is 12.6. The Morgan fingerprint density at radius 3 is 2.66 bits per heavy atom. The largest absolute Gasteiger partial charge is 0.437 e. The van der Waals surface area contributed by atoms with Crippen molar-refractivity contribution in [1.82, 2.24) is 14.9 Å². The topological polar surface area (TPSA) is 64.6 Å². The molecule has 2 aliphatic heterocycles. The molecule has 6 heteroatoms. The quantitative estimate of drug-likeness (QED) is 0.503. The van der Waals surface area contributed by atoms with Gasteiger partial charge < -0.3 is 14.4 Å². The van der Waals surface area contributed by atoms with E-state index in [2.05, 4.69) is 41.2 Å². The standard InChI is InChI=1S/C29H33N3O3/c1-21-7-5-10-24(19-21)29(12-17-34-18-13-29)28(33)32-16-6-9-23(20-32)26-27(31-15-14-30-26)35-25-11-4-3-8-22(25)2/h3-5,7-8,10-11,14-15,19,23H,6,9,12-13,16-18,20H2,1-2H3/t23-/m1/s1. The van der Waals surface area contributed by atoms with Crippen LogP contribution in [0.1, 0.15) is 54.0 Å². The van der Waals surface area contributed by atoms with Gasteiger partial charge in [0.25, 0.3) is 0 Å². The maximum Gasteiger partial charge on any atom is 0.241 e. The fourth-order valence-electron chi connectivity index (χ4n) is 5.45. The van der Waals surface area contributed by atoms with Crippen LogP contribution < -0.4 is 4.74 Å². The molecule has 2 aromatic carbocycles. The lowest BCUT2D eigenvalue weighted by Crippen LogP contribution is -2.52. The van der Waals surface area contributed by atoms with Crippen LogP contribution in [0.2, 0.25) is 0 Å². The normalized spacial score (nSPS) is 19.8. The molecule has 1 aromatic heterocycles. The van der Waals surface area contributed by atoms with Gasteiger partial charge in [0.15, 0.2) is 0 Å². The summed E-state index contributed by atoms with van der Waals surface area (Å²) in [6, 6.07) is 16.3. The van der Waals surface area contributed by atoms with E-state index in [-0.39, 0.29) is 11.8 Å². The average molecular weight is 472 g/mol. The van der Waals surface area contributed by atoms with Gasteiger partial charge in [-0.3, -0.25) is 9.78 Å². The van der Waals surface area contributed by atoms with Crippen molar-refractivity contribution in [2.45, 2.75) is 50.9 Å². The molecule has 5 rings (SSSR count). The van der Waals surface area contributed by atoms with Crippen molar-refractivity contribution >= 4 is 5.91 Å². The molecule has 2 saturated heterocycles. The van der Waals surface area contributed by atoms with Crippen LogP contribution in [0.15, 0.2) is 60.9 Å². The minimum Gasteiger partial charge on any atom is -0.437 e. The second-order valence-corrected chi connectivity index (χ2v) is 9.77. The highest BCUT2D eigenvalue weighted by Crippen LogP contribution is 2.40. The van der Waals surface area contributed by atoms with E-state index in [1.807, 2.05) is 36.1 Å². The number of piperidine rings is 1. The van der Waals surface area contributed by atoms with E-state index < -0.39 is 5.41 Å². The highest BCUT2D eigenvalue weighted by atomic mass is 16.5. The Morgan fingerprint density at radius 2 is 1.86 bits per heavy atom. The molecular formula is C29H33N3O3. The lowest BCUT2D eigenvalue weighted by atomic mass is 9.72. The number of hydrogen-bond acceptors (Lipinski definition) is 5. The molecule has 1 amide bonds. The van der Waals surface area contributed by atoms with Crippen LogP contribution in [0.3, 0.4) is 0 Å². The van der Waals surface area contributed by atoms with E-state index in [9.17, 15) is 4.79 Å². The van der Waals surface area contributed by atoms with Crippen molar-refractivity contribution in [3.63, 3.8) is 0 Å². The zero-order valence-electron chi connectivity index (χ0n) is 20.6. The Labute approximate surface area is 207 Å². The first kappa shape index (κ1) is 23.5. The number of amides is 1. The number of nitrogens with zero attached hydrogens (tertiary/aromatic N) is 3. The van der Waals surface area contributed by atoms with E-state index in [1.165, 1.54) is 5.56 Å². The lowest BCUT2D eigenvalue weighted by molar-refractivity contribution is -0.142. The summed E-state index contributed by atoms with van der Waals surface area (Å²) in [5.74, 6) is 1.59. The minimum atomic E-state index is -0.533. The molecule has 0 spiro atoms. The Balaban J connectivity index is 1.41. The third-order valence-corrected chi connectivity index (χ3v) is 7.41. The number of carbonyl (C=O) groups is 1. The Kier molecular flexibility index (Phi) is 6.82. The maximum atomic E-state index is 14.2. The minimum absolute atomic E-state index is 0.0785. The third-order valence-electron chi connectivity index (χ3n) is 7.41. The fraction of sp³-hybridized carbons (Fsp3) is 0.414. The van der Waals surface area contributed by atoms with Crippen LogP contribution in [0, 0.1) is 13.8 Å². The molecule has 0 saturated carbocycles. The van der Waals surface area contributed by atoms with Crippen molar-refractivity contribution in [2.24, 2.45) is 0 Å². The molecule has 6 nitrogen and oxygen atoms in total. The van der Waals surface area contributed by atoms with Gasteiger partial charge in [-0.15, -0.1) is 0 Å². The Morgan fingerprint density at radius 1 is 1.06 bits per heavy atom. The molecule has 3 heterocycles. The number of likely N-dealkylation sites (tertiary alicyclic amines) is 1. The van der Waals surface area contributed by atoms with E-state index in [4.69, 9.17) is 9.47 Å². The molecule has 35 heavy (non-hydrogen) atoms. The maximum absolute atomic E-state index is 14.2. The van der Waals surface area contributed by atoms with Crippen molar-refractivity contribution in [3.05, 3.63) is 83.3 Å². The second-order valence-electron chi connectivity index (χ2n) is 9.77. The van der Waals surface area contributed by atoms with E-state index in [0.29, 0.717) is 38.5 Å². The van der Waals surface area contributed by atoms with E-state index in [1.54, 1.807) is 12.4 Å². The number of carbonyl (C=O) groups excluding carboxylic acids is 1. The van der Waals surface area contributed by atoms with Crippen LogP contribution in [-0.4, -0.2) is 47.1 Å². The van der Waals surface area contributed by atoms with Gasteiger partial charge in [0, 0.05) is 44.6 Å². The first-order valence-electron chi connectivity index (χ1n) is 12.6. The van der Waals surface area contributed by atoms with Crippen LogP contribution in [-0.2, 0) is 14.9 Å². The molecule has 0 bridgehead atoms. The SMILES string of the molecule is Cc1cccc(C2(C(=O)N3CCC[C@@H](c4nccnc4Oc4ccccc4C)C3)CCOCC2)c1. The van der Waals surface area contributed by atoms with E-state index >= 15 is 0 Å². The number of hydrogen-bond donors (Lipinski definition) is 0. The molecule has 0 unspecified atom stereocenters. The van der Waals surface area contributed by atoms with Gasteiger partial charge in [-0.2, -0.15) is 0 Å². The number of aryl methyl sites for hydroxylation is 2. The first-order chi connectivity index (χ1) is 17.1. The van der Waals surface area contributed by atoms with Crippen molar-refractivity contribution in [1.29, 1.82) is 0 Å². The number of rotatable bonds is 5. The summed E-state index contributed by atoms with van der Waals surface area (Å²) in [5, 5.41) is 0. The monoisotopic (exact) mass is 471 g/mol. The molecule has 2 aliphatic rings. The summed E-state index contributed by atoms with van der Waals surface area (Å²) in [5.41, 5.74) is 3.62. The van der Waals surface area contributed by atoms with Gasteiger partial charge in [-0.1, -0.05) is 48.0 Å². The second kappa shape index (κ2) is 10.2. The van der Waals surface area contributed by atoms with E-state index in [0.717, 1.165) is 42.0 Å². The summed E-state index contributed by atoms with van der Waals surface area (Å²) >= 11 is 0. The predicted octanol–water partition coefficient (Wildman–Crippen LogP) is 5.34. The average Bonchev–Trinajstić information content (AvgIpc) is 2.90. The van der Waals surface area contributed by atoms with Gasteiger partial charge in [0.2, 0.25) is 11.8 Å². The molecular weight excluding hydrogens is 438 g/mol. The molecule has 0 aliphatic carbocycles. The number of para-hydroxylation sites is 1. The molecule has 2 fully saturated rings. The zero-order valence-corrected chi connectivity index (χ0v) is 20.6. The summed E-state index contributed by atoms with van der Waals surface area (Å²) < 4.78 is 11.9. The van der Waals surface area contributed by atoms with Gasteiger partial charge >= 0.3 is 0 Å². The van der Waals surface area contributed by atoms with Crippen LogP contribution in [0.5, 0.6) is 11.6 Å². The lowest BCUT2D eigenvalue weighted by Gasteiger charge is -2.43. The fourth-order valence-corrected chi connectivity index (χ4v) is 5.45. The van der Waals surface area contributed by atoms with Crippen LogP contribution in [0.25, 0.3) is 0 Å². The molecule has 0 N–H and O–H groups in total. The number of aromatic nitrogens is 2. The summed E-state index contributed by atoms with van der Waals surface area (Å²) in [6.07, 6.45) is 6.68. The van der Waals surface area contributed by atoms with Crippen molar-refractivity contribution < 1.29 is 14.3 Å². The highest BCUT2D eigenvalue weighted by molar-refractivity contribution is 5.88. The number of benzene rings is 2. The summed E-state index contributed by atoms with van der Waals surface area (Å²) in [7, 11) is 0. The smallest absolute Gasteiger partial charge is 0.241 e. The third kappa shape index (κ3) is 4.80. The van der Waals surface area contributed by atoms with Crippen molar-refractivity contribution in [2.75, 3.05) is 26.3 Å². The predicted molar refractivity (Wildman–Crippen MR) is 135 cm³/mol. The Bertz CT molecular complexity index is 1190. The highest BCUT2D eigenvalue weighted by Gasteiger charge is 2.45. The van der Waals surface area contributed by atoms with Gasteiger partial charge in [-0.05, 0) is 56.7 Å². The Hall–Kier alpha value is -3.25.